The molecule has 204 valence electrons. The molecule has 4 fully saturated rings. The van der Waals surface area contributed by atoms with Crippen molar-refractivity contribution >= 4 is 22.7 Å². The Balaban J connectivity index is 1.36. The second-order valence-electron chi connectivity index (χ2n) is 12.0. The summed E-state index contributed by atoms with van der Waals surface area (Å²) in [6.07, 6.45) is 15.1. The molecule has 4 bridgehead atoms. The number of aliphatic carboxylic acids is 1. The highest BCUT2D eigenvalue weighted by Gasteiger charge is 2.45. The van der Waals surface area contributed by atoms with Gasteiger partial charge in [-0.15, -0.1) is 0 Å². The highest BCUT2D eigenvalue weighted by atomic mass is 16.6. The van der Waals surface area contributed by atoms with Crippen LogP contribution in [0.3, 0.4) is 0 Å². The van der Waals surface area contributed by atoms with Crippen molar-refractivity contribution in [2.75, 3.05) is 6.61 Å². The number of carboxylic acid groups (broad SMARTS) is 1. The molecule has 1 N–H and O–H groups in total. The molecule has 0 radical (unpaired) electrons. The Kier molecular flexibility index (Phi) is 7.25. The third-order valence-electron chi connectivity index (χ3n) is 9.65. The highest BCUT2D eigenvalue weighted by molar-refractivity contribution is 6.41. The van der Waals surface area contributed by atoms with E-state index in [9.17, 15) is 14.7 Å². The van der Waals surface area contributed by atoms with E-state index in [1.807, 2.05) is 28.8 Å². The molecule has 2 aromatic rings. The van der Waals surface area contributed by atoms with Gasteiger partial charge < -0.3 is 14.5 Å². The van der Waals surface area contributed by atoms with Crippen molar-refractivity contribution in [1.29, 1.82) is 0 Å². The van der Waals surface area contributed by atoms with Crippen LogP contribution in [-0.4, -0.2) is 56.0 Å². The Bertz CT molecular complexity index is 1240. The van der Waals surface area contributed by atoms with E-state index in [-0.39, 0.29) is 23.9 Å². The molecule has 6 rings (SSSR count). The maximum Gasteiger partial charge on any atom is 0.360 e. The van der Waals surface area contributed by atoms with Gasteiger partial charge in [0.15, 0.2) is 5.69 Å². The smallest absolute Gasteiger partial charge is 0.360 e. The van der Waals surface area contributed by atoms with Crippen LogP contribution in [0.4, 0.5) is 0 Å². The van der Waals surface area contributed by atoms with Crippen molar-refractivity contribution in [3.63, 3.8) is 0 Å². The number of piperidine rings is 2. The Labute approximate surface area is 224 Å². The lowest BCUT2D eigenvalue weighted by atomic mass is 9.73. The van der Waals surface area contributed by atoms with Gasteiger partial charge in [-0.25, -0.2) is 9.78 Å². The molecule has 6 atom stereocenters. The first-order valence-corrected chi connectivity index (χ1v) is 14.8. The van der Waals surface area contributed by atoms with Crippen LogP contribution in [0.25, 0.3) is 11.0 Å². The van der Waals surface area contributed by atoms with E-state index in [1.54, 1.807) is 6.92 Å². The summed E-state index contributed by atoms with van der Waals surface area (Å²) in [6, 6.07) is 9.18. The first-order valence-electron chi connectivity index (χ1n) is 14.8. The molecule has 1 aromatic heterocycles. The Morgan fingerprint density at radius 1 is 0.947 bits per heavy atom. The molecule has 4 aliphatic rings. The molecule has 2 aliphatic carbocycles. The van der Waals surface area contributed by atoms with Gasteiger partial charge in [-0.2, -0.15) is 0 Å². The molecule has 8 nitrogen and oxygen atoms in total. The van der Waals surface area contributed by atoms with Crippen LogP contribution in [-0.2, 0) is 9.63 Å². The number of hydrogen-bond donors (Lipinski definition) is 1. The zero-order valence-corrected chi connectivity index (χ0v) is 22.4. The van der Waals surface area contributed by atoms with Gasteiger partial charge in [0.2, 0.25) is 5.71 Å². The zero-order chi connectivity index (χ0) is 26.2. The van der Waals surface area contributed by atoms with Gasteiger partial charge >= 0.3 is 5.97 Å². The summed E-state index contributed by atoms with van der Waals surface area (Å²) in [4.78, 5) is 38.4. The van der Waals surface area contributed by atoms with Crippen LogP contribution in [0.15, 0.2) is 34.2 Å². The van der Waals surface area contributed by atoms with Gasteiger partial charge in [0, 0.05) is 24.2 Å². The Morgan fingerprint density at radius 2 is 1.63 bits per heavy atom. The number of carbonyl (C=O) groups is 1. The average molecular weight is 521 g/mol. The summed E-state index contributed by atoms with van der Waals surface area (Å²) < 4.78 is 1.84. The standard InChI is InChI=1S/C30H40N4O4/c1-2-38-32-28(30(36)37)27-29(35)34(26-13-6-5-12-25(26)31-27)24-17-21-10-7-11-22(18-24)33(21)23-15-19-8-3-4-9-20(14-19)16-23/h5-6,12-13,19-24H,2-4,7-11,14-18H2,1H3,(H,36,37)/b32-28-/t19-,20+,21-,22+,23-,24+. The second kappa shape index (κ2) is 10.8. The molecule has 2 aliphatic heterocycles. The number of fused-ring (bicyclic) bond motifs is 5. The number of para-hydroxylation sites is 2. The lowest BCUT2D eigenvalue weighted by Gasteiger charge is -2.54. The van der Waals surface area contributed by atoms with Gasteiger partial charge in [-0.3, -0.25) is 9.69 Å². The first kappa shape index (κ1) is 25.5. The van der Waals surface area contributed by atoms with E-state index >= 15 is 0 Å². The lowest BCUT2D eigenvalue weighted by Crippen LogP contribution is -2.58. The van der Waals surface area contributed by atoms with Gasteiger partial charge in [-0.1, -0.05) is 49.4 Å². The minimum atomic E-state index is -1.31. The summed E-state index contributed by atoms with van der Waals surface area (Å²) >= 11 is 0. The van der Waals surface area contributed by atoms with Crippen LogP contribution in [0.1, 0.15) is 95.7 Å². The molecular weight excluding hydrogens is 480 g/mol. The van der Waals surface area contributed by atoms with E-state index in [2.05, 4.69) is 15.0 Å². The summed E-state index contributed by atoms with van der Waals surface area (Å²) in [7, 11) is 0. The number of oxime groups is 1. The lowest BCUT2D eigenvalue weighted by molar-refractivity contribution is -0.129. The van der Waals surface area contributed by atoms with Crippen molar-refractivity contribution in [3.05, 3.63) is 40.3 Å². The molecule has 0 spiro atoms. The molecule has 3 heterocycles. The minimum absolute atomic E-state index is 0.00806. The van der Waals surface area contributed by atoms with Gasteiger partial charge in [0.1, 0.15) is 6.61 Å². The highest BCUT2D eigenvalue weighted by Crippen LogP contribution is 2.47. The quantitative estimate of drug-likeness (QED) is 0.419. The van der Waals surface area contributed by atoms with Gasteiger partial charge in [0.25, 0.3) is 5.56 Å². The molecule has 8 heteroatoms. The van der Waals surface area contributed by atoms with Gasteiger partial charge in [0.05, 0.1) is 11.0 Å². The Morgan fingerprint density at radius 3 is 2.29 bits per heavy atom. The fraction of sp³-hybridized carbons (Fsp3) is 0.667. The van der Waals surface area contributed by atoms with Crippen LogP contribution in [0, 0.1) is 11.8 Å². The molecule has 38 heavy (non-hydrogen) atoms. The fourth-order valence-corrected chi connectivity index (χ4v) is 8.29. The SMILES string of the molecule is CCO/N=C(\C(=O)O)c1nc2ccccc2n([C@H]2C[C@H]3CCC[C@@H](C2)N3[C@@H]2C[C@@H]3CCCC[C@@H](C3)C2)c1=O. The maximum atomic E-state index is 14.0. The number of nitrogens with zero attached hydrogens (tertiary/aromatic N) is 4. The number of benzene rings is 1. The van der Waals surface area contributed by atoms with Crippen molar-refractivity contribution in [1.82, 2.24) is 14.5 Å². The monoisotopic (exact) mass is 520 g/mol. The number of rotatable bonds is 6. The van der Waals surface area contributed by atoms with Crippen LogP contribution >= 0.6 is 0 Å². The molecule has 2 saturated heterocycles. The van der Waals surface area contributed by atoms with Crippen molar-refractivity contribution in [2.45, 2.75) is 108 Å². The summed E-state index contributed by atoms with van der Waals surface area (Å²) in [5.41, 5.74) is 0.413. The molecule has 1 aromatic carbocycles. The molecular formula is C30H40N4O4. The van der Waals surface area contributed by atoms with E-state index < -0.39 is 11.7 Å². The Hall–Kier alpha value is -2.74. The van der Waals surface area contributed by atoms with Crippen LogP contribution < -0.4 is 5.56 Å². The normalized spacial score (nSPS) is 32.1. The van der Waals surface area contributed by atoms with E-state index in [0.717, 1.165) is 30.2 Å². The topological polar surface area (TPSA) is 97.0 Å². The van der Waals surface area contributed by atoms with E-state index in [4.69, 9.17) is 4.84 Å². The number of hydrogen-bond acceptors (Lipinski definition) is 6. The predicted molar refractivity (Wildman–Crippen MR) is 146 cm³/mol. The maximum absolute atomic E-state index is 14.0. The second-order valence-corrected chi connectivity index (χ2v) is 12.0. The largest absolute Gasteiger partial charge is 0.476 e. The first-order chi connectivity index (χ1) is 18.5. The van der Waals surface area contributed by atoms with E-state index in [0.29, 0.717) is 23.6 Å². The number of carboxylic acids is 1. The summed E-state index contributed by atoms with van der Waals surface area (Å²) in [5.74, 6) is 0.455. The third-order valence-corrected chi connectivity index (χ3v) is 9.65. The van der Waals surface area contributed by atoms with E-state index in [1.165, 1.54) is 64.2 Å². The van der Waals surface area contributed by atoms with Crippen molar-refractivity contribution in [2.24, 2.45) is 17.0 Å². The van der Waals surface area contributed by atoms with Gasteiger partial charge in [-0.05, 0) is 75.8 Å². The summed E-state index contributed by atoms with van der Waals surface area (Å²) in [6.45, 7) is 1.94. The van der Waals surface area contributed by atoms with Crippen LogP contribution in [0.5, 0.6) is 0 Å². The third kappa shape index (κ3) is 4.76. The van der Waals surface area contributed by atoms with Crippen molar-refractivity contribution in [3.8, 4) is 0 Å². The number of aromatic nitrogens is 2. The summed E-state index contributed by atoms with van der Waals surface area (Å²) in [5, 5.41) is 13.6. The molecule has 0 unspecified atom stereocenters. The molecule has 0 amide bonds. The molecule has 2 saturated carbocycles. The fourth-order valence-electron chi connectivity index (χ4n) is 8.29. The zero-order valence-electron chi connectivity index (χ0n) is 22.4. The average Bonchev–Trinajstić information content (AvgIpc) is 3.07. The van der Waals surface area contributed by atoms with Crippen LogP contribution in [0.2, 0.25) is 0 Å². The minimum Gasteiger partial charge on any atom is -0.476 e. The predicted octanol–water partition coefficient (Wildman–Crippen LogP) is 5.14. The van der Waals surface area contributed by atoms with Crippen molar-refractivity contribution < 1.29 is 14.7 Å².